The van der Waals surface area contributed by atoms with Crippen LogP contribution in [0, 0.1) is 5.82 Å². The summed E-state index contributed by atoms with van der Waals surface area (Å²) in [6.07, 6.45) is 5.81. The molecule has 1 aliphatic carbocycles. The zero-order chi connectivity index (χ0) is 27.0. The van der Waals surface area contributed by atoms with Crippen molar-refractivity contribution in [3.8, 4) is 6.01 Å². The van der Waals surface area contributed by atoms with Crippen molar-refractivity contribution in [2.75, 3.05) is 25.0 Å². The number of allylic oxidation sites excluding steroid dienone is 1. The van der Waals surface area contributed by atoms with Crippen LogP contribution >= 0.6 is 0 Å². The van der Waals surface area contributed by atoms with E-state index in [0.717, 1.165) is 24.4 Å². The van der Waals surface area contributed by atoms with E-state index >= 15 is 0 Å². The van der Waals surface area contributed by atoms with Gasteiger partial charge in [-0.15, -0.1) is 0 Å². The zero-order valence-corrected chi connectivity index (χ0v) is 21.6. The number of anilines is 1. The Morgan fingerprint density at radius 3 is 2.76 bits per heavy atom. The number of benzene rings is 1. The Morgan fingerprint density at radius 2 is 2.03 bits per heavy atom. The summed E-state index contributed by atoms with van der Waals surface area (Å²) in [5.41, 5.74) is 8.02. The highest BCUT2D eigenvalue weighted by Crippen LogP contribution is 2.37. The van der Waals surface area contributed by atoms with Crippen molar-refractivity contribution in [2.24, 2.45) is 12.8 Å². The summed E-state index contributed by atoms with van der Waals surface area (Å²) in [4.78, 5) is 35.8. The molecule has 5 rings (SSSR count). The third kappa shape index (κ3) is 5.30. The average molecular weight is 523 g/mol. The Morgan fingerprint density at radius 1 is 1.26 bits per heavy atom. The second-order valence-corrected chi connectivity index (χ2v) is 9.96. The number of nitrogens with two attached hydrogens (primary N) is 1. The highest BCUT2D eigenvalue weighted by atomic mass is 19.1. The number of halogens is 1. The van der Waals surface area contributed by atoms with Crippen molar-refractivity contribution in [3.63, 3.8) is 0 Å². The van der Waals surface area contributed by atoms with Crippen LogP contribution in [0.3, 0.4) is 0 Å². The number of rotatable bonds is 7. The van der Waals surface area contributed by atoms with Crippen LogP contribution in [0.4, 0.5) is 10.1 Å². The second-order valence-electron chi connectivity index (χ2n) is 9.96. The standard InChI is InChI=1S/C26H31FN8O3/c1-14-11-35(12-15(2)30-14)21-5-4-18(24-19(21)10-29-26(32-24)38-7-6-22(28)36)25(37)31-17-8-16-13-34(3)33-23(16)20(27)9-17/h5,8-10,13-15,18,30H,4,6-7,11-12H2,1-3H3,(H2,28,36)(H,31,37)/t14-,15+,18?. The minimum atomic E-state index is -0.652. The molecule has 2 aromatic heterocycles. The van der Waals surface area contributed by atoms with Crippen LogP contribution in [0.5, 0.6) is 6.01 Å². The fraction of sp³-hybridized carbons (Fsp3) is 0.423. The summed E-state index contributed by atoms with van der Waals surface area (Å²) in [6.45, 7) is 5.90. The number of primary amides is 1. The maximum atomic E-state index is 14.6. The molecular formula is C26H31FN8O3. The topological polar surface area (TPSA) is 140 Å². The van der Waals surface area contributed by atoms with Crippen LogP contribution in [-0.4, -0.2) is 68.2 Å². The third-order valence-corrected chi connectivity index (χ3v) is 6.69. The van der Waals surface area contributed by atoms with E-state index in [1.165, 1.54) is 10.7 Å². The molecule has 3 aromatic rings. The van der Waals surface area contributed by atoms with Crippen LogP contribution in [0.25, 0.3) is 16.6 Å². The maximum absolute atomic E-state index is 14.6. The first-order valence-corrected chi connectivity index (χ1v) is 12.6. The molecule has 0 spiro atoms. The molecule has 1 saturated heterocycles. The van der Waals surface area contributed by atoms with Gasteiger partial charge in [-0.3, -0.25) is 14.3 Å². The van der Waals surface area contributed by atoms with E-state index in [9.17, 15) is 14.0 Å². The third-order valence-electron chi connectivity index (χ3n) is 6.69. The number of carbonyl (C=O) groups excluding carboxylic acids is 2. The van der Waals surface area contributed by atoms with Gasteiger partial charge in [-0.2, -0.15) is 10.1 Å². The monoisotopic (exact) mass is 522 g/mol. The van der Waals surface area contributed by atoms with Crippen molar-refractivity contribution in [2.45, 2.75) is 44.7 Å². The van der Waals surface area contributed by atoms with Gasteiger partial charge in [0.1, 0.15) is 12.1 Å². The zero-order valence-electron chi connectivity index (χ0n) is 21.6. The number of hydrogen-bond donors (Lipinski definition) is 3. The van der Waals surface area contributed by atoms with Gasteiger partial charge in [0.15, 0.2) is 5.82 Å². The Kier molecular flexibility index (Phi) is 6.98. The van der Waals surface area contributed by atoms with E-state index in [2.05, 4.69) is 44.4 Å². The number of piperazine rings is 1. The van der Waals surface area contributed by atoms with Crippen molar-refractivity contribution >= 4 is 34.1 Å². The molecule has 1 fully saturated rings. The van der Waals surface area contributed by atoms with E-state index in [-0.39, 0.29) is 30.5 Å². The molecule has 1 aromatic carbocycles. The summed E-state index contributed by atoms with van der Waals surface area (Å²) in [7, 11) is 1.71. The van der Waals surface area contributed by atoms with E-state index in [1.807, 2.05) is 6.08 Å². The molecule has 0 saturated carbocycles. The number of aromatic nitrogens is 4. The van der Waals surface area contributed by atoms with Crippen molar-refractivity contribution in [1.82, 2.24) is 30.0 Å². The smallest absolute Gasteiger partial charge is 0.316 e. The molecule has 4 N–H and O–H groups in total. The predicted octanol–water partition coefficient (Wildman–Crippen LogP) is 1.91. The van der Waals surface area contributed by atoms with E-state index in [4.69, 9.17) is 10.5 Å². The lowest BCUT2D eigenvalue weighted by atomic mass is 9.88. The Balaban J connectivity index is 1.45. The number of fused-ring (bicyclic) bond motifs is 2. The number of hydrogen-bond acceptors (Lipinski definition) is 8. The van der Waals surface area contributed by atoms with Gasteiger partial charge in [0, 0.05) is 66.9 Å². The van der Waals surface area contributed by atoms with Gasteiger partial charge in [0.05, 0.1) is 18.0 Å². The average Bonchev–Trinajstić information content (AvgIpc) is 3.23. The molecule has 3 atom stereocenters. The predicted molar refractivity (Wildman–Crippen MR) is 140 cm³/mol. The van der Waals surface area contributed by atoms with Crippen molar-refractivity contribution < 1.29 is 18.7 Å². The first-order chi connectivity index (χ1) is 18.2. The van der Waals surface area contributed by atoms with Gasteiger partial charge in [-0.05, 0) is 32.4 Å². The van der Waals surface area contributed by atoms with E-state index in [1.54, 1.807) is 25.5 Å². The van der Waals surface area contributed by atoms with Gasteiger partial charge in [0.25, 0.3) is 0 Å². The lowest BCUT2D eigenvalue weighted by molar-refractivity contribution is -0.118. The lowest BCUT2D eigenvalue weighted by Crippen LogP contribution is -2.53. The van der Waals surface area contributed by atoms with Crippen molar-refractivity contribution in [1.29, 1.82) is 0 Å². The molecule has 3 heterocycles. The van der Waals surface area contributed by atoms with Gasteiger partial charge >= 0.3 is 6.01 Å². The number of amides is 2. The molecule has 2 aliphatic rings. The Bertz CT molecular complexity index is 1410. The number of nitrogens with one attached hydrogen (secondary N) is 2. The molecule has 38 heavy (non-hydrogen) atoms. The maximum Gasteiger partial charge on any atom is 0.316 e. The van der Waals surface area contributed by atoms with E-state index in [0.29, 0.717) is 35.3 Å². The Hall–Kier alpha value is -4.06. The first kappa shape index (κ1) is 25.6. The number of nitrogens with zero attached hydrogens (tertiary/aromatic N) is 5. The molecule has 1 unspecified atom stereocenters. The van der Waals surface area contributed by atoms with Crippen LogP contribution in [0.15, 0.2) is 30.6 Å². The molecule has 12 heteroatoms. The molecule has 1 aliphatic heterocycles. The number of ether oxygens (including phenoxy) is 1. The summed E-state index contributed by atoms with van der Waals surface area (Å²) in [6, 6.07) is 3.60. The summed E-state index contributed by atoms with van der Waals surface area (Å²) < 4.78 is 21.7. The quantitative estimate of drug-likeness (QED) is 0.428. The van der Waals surface area contributed by atoms with Crippen LogP contribution in [0.2, 0.25) is 0 Å². The SMILES string of the molecule is C[C@@H]1CN(C2=CCC(C(=O)Nc3cc(F)c4nn(C)cc4c3)c3nc(OCCC(N)=O)ncc32)C[C@H](C)N1. The fourth-order valence-electron chi connectivity index (χ4n) is 5.17. The van der Waals surface area contributed by atoms with Crippen LogP contribution in [-0.2, 0) is 16.6 Å². The highest BCUT2D eigenvalue weighted by molar-refractivity contribution is 5.99. The fourth-order valence-corrected chi connectivity index (χ4v) is 5.17. The van der Waals surface area contributed by atoms with Gasteiger partial charge in [-0.1, -0.05) is 6.08 Å². The largest absolute Gasteiger partial charge is 0.463 e. The summed E-state index contributed by atoms with van der Waals surface area (Å²) in [5.74, 6) is -1.99. The molecule has 0 bridgehead atoms. The Labute approximate surface area is 219 Å². The molecule has 11 nitrogen and oxygen atoms in total. The molecular weight excluding hydrogens is 491 g/mol. The van der Waals surface area contributed by atoms with Gasteiger partial charge in [0.2, 0.25) is 11.8 Å². The van der Waals surface area contributed by atoms with E-state index < -0.39 is 17.6 Å². The van der Waals surface area contributed by atoms with Gasteiger partial charge in [-0.25, -0.2) is 9.37 Å². The van der Waals surface area contributed by atoms with Crippen LogP contribution < -0.4 is 21.1 Å². The number of aryl methyl sites for hydroxylation is 1. The lowest BCUT2D eigenvalue weighted by Gasteiger charge is -2.40. The minimum Gasteiger partial charge on any atom is -0.463 e. The van der Waals surface area contributed by atoms with Gasteiger partial charge < -0.3 is 26.0 Å². The molecule has 2 amide bonds. The normalized spacial score (nSPS) is 21.1. The van der Waals surface area contributed by atoms with Crippen LogP contribution in [0.1, 0.15) is 43.9 Å². The summed E-state index contributed by atoms with van der Waals surface area (Å²) >= 11 is 0. The first-order valence-electron chi connectivity index (χ1n) is 12.6. The number of carbonyl (C=O) groups is 2. The molecule has 200 valence electrons. The second kappa shape index (κ2) is 10.4. The van der Waals surface area contributed by atoms with Crippen molar-refractivity contribution in [3.05, 3.63) is 47.7 Å². The molecule has 0 radical (unpaired) electrons. The minimum absolute atomic E-state index is 0.0223. The summed E-state index contributed by atoms with van der Waals surface area (Å²) in [5, 5.41) is 11.1. The highest BCUT2D eigenvalue weighted by Gasteiger charge is 2.34.